The maximum Gasteiger partial charge on any atom is 0.304 e. The smallest absolute Gasteiger partial charge is 0.304 e. The van der Waals surface area contributed by atoms with Crippen molar-refractivity contribution in [1.29, 1.82) is 0 Å². The van der Waals surface area contributed by atoms with E-state index in [1.165, 1.54) is 5.56 Å². The van der Waals surface area contributed by atoms with Gasteiger partial charge < -0.3 is 5.11 Å². The fourth-order valence-corrected chi connectivity index (χ4v) is 2.25. The van der Waals surface area contributed by atoms with Crippen LogP contribution in [0.4, 0.5) is 0 Å². The predicted molar refractivity (Wildman–Crippen MR) is 78.3 cm³/mol. The third kappa shape index (κ3) is 4.67. The molecule has 0 radical (unpaired) electrons. The Bertz CT molecular complexity index is 405. The van der Waals surface area contributed by atoms with Crippen molar-refractivity contribution in [2.24, 2.45) is 0 Å². The Labute approximate surface area is 116 Å². The molecular weight excluding hydrogens is 238 g/mol. The van der Waals surface area contributed by atoms with E-state index in [4.69, 9.17) is 5.11 Å². The molecule has 1 rings (SSSR count). The number of aliphatic carboxylic acids is 1. The van der Waals surface area contributed by atoms with E-state index in [1.54, 1.807) is 0 Å². The molecule has 0 spiro atoms. The summed E-state index contributed by atoms with van der Waals surface area (Å²) >= 11 is 0. The fraction of sp³-hybridized carbons (Fsp3) is 0.562. The summed E-state index contributed by atoms with van der Waals surface area (Å²) < 4.78 is 0. The molecule has 0 fully saturated rings. The third-order valence-electron chi connectivity index (χ3n) is 3.63. The second-order valence-electron chi connectivity index (χ2n) is 5.61. The predicted octanol–water partition coefficient (Wildman–Crippen LogP) is 3.28. The molecule has 0 atom stereocenters. The number of hydrogen-bond acceptors (Lipinski definition) is 2. The summed E-state index contributed by atoms with van der Waals surface area (Å²) in [6.45, 7) is 11.3. The summed E-state index contributed by atoms with van der Waals surface area (Å²) in [5, 5.41) is 8.94. The first kappa shape index (κ1) is 15.7. The van der Waals surface area contributed by atoms with Gasteiger partial charge in [-0.05, 0) is 24.2 Å². The zero-order chi connectivity index (χ0) is 14.5. The van der Waals surface area contributed by atoms with Crippen molar-refractivity contribution in [1.82, 2.24) is 4.90 Å². The monoisotopic (exact) mass is 263 g/mol. The molecule has 1 aromatic carbocycles. The van der Waals surface area contributed by atoms with Crippen LogP contribution >= 0.6 is 0 Å². The summed E-state index contributed by atoms with van der Waals surface area (Å²) in [5.74, 6) is -0.753. The van der Waals surface area contributed by atoms with E-state index in [-0.39, 0.29) is 11.8 Å². The molecule has 1 N–H and O–H groups in total. The molecule has 0 unspecified atom stereocenters. The summed E-state index contributed by atoms with van der Waals surface area (Å²) in [4.78, 5) is 13.2. The normalized spacial score (nSPS) is 11.8. The average molecular weight is 263 g/mol. The second-order valence-corrected chi connectivity index (χ2v) is 5.61. The molecule has 0 saturated carbocycles. The fourth-order valence-electron chi connectivity index (χ4n) is 2.25. The molecule has 0 aliphatic carbocycles. The summed E-state index contributed by atoms with van der Waals surface area (Å²) in [6, 6.07) is 8.33. The number of benzene rings is 1. The average Bonchev–Trinajstić information content (AvgIpc) is 2.35. The van der Waals surface area contributed by atoms with Crippen molar-refractivity contribution in [2.75, 3.05) is 13.1 Å². The number of hydrogen-bond donors (Lipinski definition) is 1. The van der Waals surface area contributed by atoms with E-state index in [0.29, 0.717) is 0 Å². The minimum absolute atomic E-state index is 0.155. The first-order chi connectivity index (χ1) is 8.89. The lowest BCUT2D eigenvalue weighted by molar-refractivity contribution is -0.138. The molecule has 0 aliphatic rings. The topological polar surface area (TPSA) is 40.5 Å². The molecule has 1 aromatic rings. The van der Waals surface area contributed by atoms with Crippen LogP contribution in [-0.4, -0.2) is 29.1 Å². The standard InChI is InChI=1S/C16H25NO2/c1-5-17(6-2)12-13-7-9-14(10-8-13)16(3,4)11-15(18)19/h7-10H,5-6,11-12H2,1-4H3,(H,18,19). The van der Waals surface area contributed by atoms with Gasteiger partial charge in [0.15, 0.2) is 0 Å². The molecule has 106 valence electrons. The molecule has 19 heavy (non-hydrogen) atoms. The van der Waals surface area contributed by atoms with Crippen LogP contribution in [0, 0.1) is 0 Å². The van der Waals surface area contributed by atoms with Gasteiger partial charge in [0.05, 0.1) is 6.42 Å². The molecule has 0 aromatic heterocycles. The van der Waals surface area contributed by atoms with Crippen LogP contribution in [0.15, 0.2) is 24.3 Å². The Morgan fingerprint density at radius 1 is 1.16 bits per heavy atom. The van der Waals surface area contributed by atoms with Gasteiger partial charge in [0.2, 0.25) is 0 Å². The molecule has 0 bridgehead atoms. The van der Waals surface area contributed by atoms with Crippen molar-refractivity contribution in [2.45, 2.75) is 46.1 Å². The molecule has 0 saturated heterocycles. The van der Waals surface area contributed by atoms with Crippen LogP contribution < -0.4 is 0 Å². The van der Waals surface area contributed by atoms with Crippen molar-refractivity contribution < 1.29 is 9.90 Å². The SMILES string of the molecule is CCN(CC)Cc1ccc(C(C)(C)CC(=O)O)cc1. The highest BCUT2D eigenvalue weighted by Gasteiger charge is 2.23. The molecule has 0 aliphatic heterocycles. The van der Waals surface area contributed by atoms with Gasteiger partial charge >= 0.3 is 5.97 Å². The van der Waals surface area contributed by atoms with E-state index in [9.17, 15) is 4.79 Å². The third-order valence-corrected chi connectivity index (χ3v) is 3.63. The number of nitrogens with zero attached hydrogens (tertiary/aromatic N) is 1. The van der Waals surface area contributed by atoms with Crippen LogP contribution in [0.1, 0.15) is 45.2 Å². The van der Waals surface area contributed by atoms with E-state index in [0.717, 1.165) is 25.2 Å². The van der Waals surface area contributed by atoms with Gasteiger partial charge in [-0.1, -0.05) is 52.0 Å². The lowest BCUT2D eigenvalue weighted by Gasteiger charge is -2.24. The van der Waals surface area contributed by atoms with Crippen LogP contribution in [0.2, 0.25) is 0 Å². The molecule has 0 amide bonds. The van der Waals surface area contributed by atoms with E-state index in [1.807, 2.05) is 13.8 Å². The molecule has 3 heteroatoms. The van der Waals surface area contributed by atoms with Crippen LogP contribution in [0.3, 0.4) is 0 Å². The largest absolute Gasteiger partial charge is 0.481 e. The van der Waals surface area contributed by atoms with Gasteiger partial charge in [0, 0.05) is 12.0 Å². The number of carboxylic acid groups (broad SMARTS) is 1. The van der Waals surface area contributed by atoms with Gasteiger partial charge in [-0.15, -0.1) is 0 Å². The van der Waals surface area contributed by atoms with E-state index in [2.05, 4.69) is 43.0 Å². The Hall–Kier alpha value is -1.35. The quantitative estimate of drug-likeness (QED) is 0.820. The van der Waals surface area contributed by atoms with Gasteiger partial charge in [0.1, 0.15) is 0 Å². The Morgan fingerprint density at radius 3 is 2.11 bits per heavy atom. The van der Waals surface area contributed by atoms with Crippen LogP contribution in [-0.2, 0) is 16.8 Å². The Morgan fingerprint density at radius 2 is 1.68 bits per heavy atom. The zero-order valence-corrected chi connectivity index (χ0v) is 12.4. The minimum atomic E-state index is -0.753. The van der Waals surface area contributed by atoms with Crippen molar-refractivity contribution >= 4 is 5.97 Å². The number of carbonyl (C=O) groups is 1. The maximum atomic E-state index is 10.9. The zero-order valence-electron chi connectivity index (χ0n) is 12.4. The maximum absolute atomic E-state index is 10.9. The van der Waals surface area contributed by atoms with Crippen LogP contribution in [0.5, 0.6) is 0 Å². The van der Waals surface area contributed by atoms with Crippen molar-refractivity contribution in [3.63, 3.8) is 0 Å². The summed E-state index contributed by atoms with van der Waals surface area (Å²) in [7, 11) is 0. The number of rotatable bonds is 7. The van der Waals surface area contributed by atoms with Gasteiger partial charge in [-0.2, -0.15) is 0 Å². The first-order valence-electron chi connectivity index (χ1n) is 6.92. The lowest BCUT2D eigenvalue weighted by Crippen LogP contribution is -2.23. The minimum Gasteiger partial charge on any atom is -0.481 e. The van der Waals surface area contributed by atoms with E-state index >= 15 is 0 Å². The highest BCUT2D eigenvalue weighted by atomic mass is 16.4. The summed E-state index contributed by atoms with van der Waals surface area (Å²) in [5.41, 5.74) is 2.04. The highest BCUT2D eigenvalue weighted by molar-refractivity contribution is 5.68. The highest BCUT2D eigenvalue weighted by Crippen LogP contribution is 2.27. The van der Waals surface area contributed by atoms with Crippen molar-refractivity contribution in [3.8, 4) is 0 Å². The Kier molecular flexibility index (Phi) is 5.55. The van der Waals surface area contributed by atoms with Crippen molar-refractivity contribution in [3.05, 3.63) is 35.4 Å². The summed E-state index contributed by atoms with van der Waals surface area (Å²) in [6.07, 6.45) is 0.155. The molecular formula is C16H25NO2. The number of carboxylic acids is 1. The van der Waals surface area contributed by atoms with E-state index < -0.39 is 5.97 Å². The second kappa shape index (κ2) is 6.71. The molecule has 3 nitrogen and oxygen atoms in total. The van der Waals surface area contributed by atoms with Gasteiger partial charge in [-0.25, -0.2) is 0 Å². The first-order valence-corrected chi connectivity index (χ1v) is 6.92. The van der Waals surface area contributed by atoms with Gasteiger partial charge in [0.25, 0.3) is 0 Å². The van der Waals surface area contributed by atoms with Gasteiger partial charge in [-0.3, -0.25) is 9.69 Å². The Balaban J connectivity index is 2.78. The lowest BCUT2D eigenvalue weighted by atomic mass is 9.81. The van der Waals surface area contributed by atoms with Crippen LogP contribution in [0.25, 0.3) is 0 Å². The molecule has 0 heterocycles.